The molecule has 1 rings (SSSR count). The summed E-state index contributed by atoms with van der Waals surface area (Å²) in [6, 6.07) is 9.60. The number of primary amides is 1. The summed E-state index contributed by atoms with van der Waals surface area (Å²) in [6.45, 7) is 5.90. The summed E-state index contributed by atoms with van der Waals surface area (Å²) >= 11 is 0. The maximum atomic E-state index is 12.0. The van der Waals surface area contributed by atoms with Gasteiger partial charge in [-0.25, -0.2) is 0 Å². The average molecular weight is 293 g/mol. The fourth-order valence-corrected chi connectivity index (χ4v) is 2.29. The van der Waals surface area contributed by atoms with Crippen LogP contribution in [0.5, 0.6) is 0 Å². The molecule has 2 unspecified atom stereocenters. The zero-order chi connectivity index (χ0) is 15.9. The van der Waals surface area contributed by atoms with Crippen molar-refractivity contribution in [2.75, 3.05) is 26.8 Å². The summed E-state index contributed by atoms with van der Waals surface area (Å²) in [5, 5.41) is 0. The molecule has 0 spiro atoms. The third kappa shape index (κ3) is 4.52. The van der Waals surface area contributed by atoms with Gasteiger partial charge < -0.3 is 16.2 Å². The van der Waals surface area contributed by atoms with Crippen molar-refractivity contribution in [2.45, 2.75) is 31.8 Å². The second-order valence-electron chi connectivity index (χ2n) is 5.42. The molecular formula is C16H27N3O2. The maximum absolute atomic E-state index is 12.0. The van der Waals surface area contributed by atoms with Crippen molar-refractivity contribution >= 4 is 5.91 Å². The molecule has 0 fully saturated rings. The fourth-order valence-electron chi connectivity index (χ4n) is 2.29. The monoisotopic (exact) mass is 293 g/mol. The van der Waals surface area contributed by atoms with Crippen LogP contribution in [0, 0.1) is 0 Å². The first-order valence-electron chi connectivity index (χ1n) is 7.33. The van der Waals surface area contributed by atoms with E-state index < -0.39 is 11.4 Å². The van der Waals surface area contributed by atoms with Crippen LogP contribution in [0.15, 0.2) is 30.3 Å². The molecule has 0 saturated carbocycles. The number of hydrogen-bond donors (Lipinski definition) is 2. The normalized spacial score (nSPS) is 15.7. The van der Waals surface area contributed by atoms with Gasteiger partial charge in [-0.3, -0.25) is 9.69 Å². The van der Waals surface area contributed by atoms with Crippen LogP contribution in [-0.4, -0.2) is 43.7 Å². The lowest BCUT2D eigenvalue weighted by Crippen LogP contribution is -2.58. The molecule has 21 heavy (non-hydrogen) atoms. The van der Waals surface area contributed by atoms with Crippen LogP contribution < -0.4 is 11.5 Å². The minimum Gasteiger partial charge on any atom is -0.383 e. The highest BCUT2D eigenvalue weighted by molar-refractivity contribution is 5.86. The number of carbonyl (C=O) groups excluding carboxylic acids is 1. The Morgan fingerprint density at radius 1 is 1.38 bits per heavy atom. The molecule has 0 aliphatic heterocycles. The molecule has 0 aliphatic carbocycles. The van der Waals surface area contributed by atoms with E-state index in [1.54, 1.807) is 7.11 Å². The number of carbonyl (C=O) groups is 1. The molecule has 5 heteroatoms. The Morgan fingerprint density at radius 3 is 2.48 bits per heavy atom. The summed E-state index contributed by atoms with van der Waals surface area (Å²) in [7, 11) is 1.66. The van der Waals surface area contributed by atoms with Gasteiger partial charge in [0, 0.05) is 26.2 Å². The summed E-state index contributed by atoms with van der Waals surface area (Å²) in [5.41, 5.74) is 11.5. The minimum atomic E-state index is -1.20. The van der Waals surface area contributed by atoms with Gasteiger partial charge in [-0.15, -0.1) is 0 Å². The van der Waals surface area contributed by atoms with E-state index in [0.29, 0.717) is 25.7 Å². The Hall–Kier alpha value is -1.43. The van der Waals surface area contributed by atoms with Crippen molar-refractivity contribution in [3.05, 3.63) is 35.9 Å². The molecule has 118 valence electrons. The molecular weight excluding hydrogens is 266 g/mol. The van der Waals surface area contributed by atoms with E-state index >= 15 is 0 Å². The van der Waals surface area contributed by atoms with Gasteiger partial charge in [-0.05, 0) is 18.9 Å². The van der Waals surface area contributed by atoms with Crippen molar-refractivity contribution in [3.63, 3.8) is 0 Å². The van der Waals surface area contributed by atoms with Gasteiger partial charge in [-0.2, -0.15) is 0 Å². The van der Waals surface area contributed by atoms with Crippen molar-refractivity contribution in [1.29, 1.82) is 0 Å². The zero-order valence-electron chi connectivity index (χ0n) is 13.2. The summed E-state index contributed by atoms with van der Waals surface area (Å²) in [4.78, 5) is 14.1. The molecule has 2 atom stereocenters. The first-order chi connectivity index (χ1) is 9.95. The van der Waals surface area contributed by atoms with E-state index in [9.17, 15) is 4.79 Å². The predicted octanol–water partition coefficient (Wildman–Crippen LogP) is 1.07. The molecule has 0 saturated heterocycles. The highest BCUT2D eigenvalue weighted by atomic mass is 16.5. The topological polar surface area (TPSA) is 81.6 Å². The number of amides is 1. The van der Waals surface area contributed by atoms with Gasteiger partial charge in [0.05, 0.1) is 6.61 Å². The van der Waals surface area contributed by atoms with Gasteiger partial charge in [0.1, 0.15) is 5.54 Å². The average Bonchev–Trinajstić information content (AvgIpc) is 2.51. The van der Waals surface area contributed by atoms with Gasteiger partial charge >= 0.3 is 0 Å². The van der Waals surface area contributed by atoms with Gasteiger partial charge in [-0.1, -0.05) is 37.3 Å². The number of methoxy groups -OCH3 is 1. The van der Waals surface area contributed by atoms with Crippen LogP contribution in [-0.2, 0) is 15.1 Å². The van der Waals surface area contributed by atoms with Crippen molar-refractivity contribution in [3.8, 4) is 0 Å². The Bertz CT molecular complexity index is 438. The van der Waals surface area contributed by atoms with E-state index in [2.05, 4.69) is 18.7 Å². The molecule has 1 aromatic rings. The van der Waals surface area contributed by atoms with E-state index in [4.69, 9.17) is 16.2 Å². The van der Waals surface area contributed by atoms with Crippen LogP contribution in [0.1, 0.15) is 25.8 Å². The highest BCUT2D eigenvalue weighted by Crippen LogP contribution is 2.21. The molecule has 0 bridgehead atoms. The van der Waals surface area contributed by atoms with Crippen LogP contribution in [0.4, 0.5) is 0 Å². The standard InChI is InChI=1S/C16H27N3O2/c1-4-13(2)19(10-11-21-3)12-16(18,15(17)20)14-8-6-5-7-9-14/h5-9,13H,4,10-12,18H2,1-3H3,(H2,17,20). The van der Waals surface area contributed by atoms with Gasteiger partial charge in [0.15, 0.2) is 0 Å². The SMILES string of the molecule is CCC(C)N(CCOC)CC(N)(C(N)=O)c1ccccc1. The van der Waals surface area contributed by atoms with E-state index in [0.717, 1.165) is 12.0 Å². The van der Waals surface area contributed by atoms with Crippen LogP contribution in [0.25, 0.3) is 0 Å². The molecule has 1 amide bonds. The quantitative estimate of drug-likeness (QED) is 0.713. The van der Waals surface area contributed by atoms with Crippen molar-refractivity contribution in [1.82, 2.24) is 4.90 Å². The number of rotatable bonds is 9. The molecule has 1 aromatic carbocycles. The molecule has 5 nitrogen and oxygen atoms in total. The van der Waals surface area contributed by atoms with E-state index in [1.165, 1.54) is 0 Å². The number of benzene rings is 1. The number of ether oxygens (including phenoxy) is 1. The largest absolute Gasteiger partial charge is 0.383 e. The fraction of sp³-hybridized carbons (Fsp3) is 0.562. The second-order valence-corrected chi connectivity index (χ2v) is 5.42. The summed E-state index contributed by atoms with van der Waals surface area (Å²) in [6.07, 6.45) is 0.966. The summed E-state index contributed by atoms with van der Waals surface area (Å²) in [5.74, 6) is -0.514. The molecule has 0 aliphatic rings. The highest BCUT2D eigenvalue weighted by Gasteiger charge is 2.36. The van der Waals surface area contributed by atoms with E-state index in [-0.39, 0.29) is 0 Å². The third-order valence-electron chi connectivity index (χ3n) is 3.98. The zero-order valence-corrected chi connectivity index (χ0v) is 13.2. The Balaban J connectivity index is 3.01. The third-order valence-corrected chi connectivity index (χ3v) is 3.98. The van der Waals surface area contributed by atoms with Gasteiger partial charge in [0.25, 0.3) is 0 Å². The number of nitrogens with two attached hydrogens (primary N) is 2. The maximum Gasteiger partial charge on any atom is 0.243 e. The lowest BCUT2D eigenvalue weighted by Gasteiger charge is -2.36. The first-order valence-corrected chi connectivity index (χ1v) is 7.33. The predicted molar refractivity (Wildman–Crippen MR) is 84.7 cm³/mol. The Kier molecular flexibility index (Phi) is 6.81. The van der Waals surface area contributed by atoms with E-state index in [1.807, 2.05) is 30.3 Å². The first kappa shape index (κ1) is 17.6. The lowest BCUT2D eigenvalue weighted by atomic mass is 9.89. The number of nitrogens with zero attached hydrogens (tertiary/aromatic N) is 1. The molecule has 0 heterocycles. The second kappa shape index (κ2) is 8.12. The molecule has 0 aromatic heterocycles. The van der Waals surface area contributed by atoms with Crippen LogP contribution >= 0.6 is 0 Å². The lowest BCUT2D eigenvalue weighted by molar-refractivity contribution is -0.124. The minimum absolute atomic E-state index is 0.297. The molecule has 0 radical (unpaired) electrons. The summed E-state index contributed by atoms with van der Waals surface area (Å²) < 4.78 is 5.15. The Labute approximate surface area is 127 Å². The van der Waals surface area contributed by atoms with Crippen LogP contribution in [0.2, 0.25) is 0 Å². The molecule has 4 N–H and O–H groups in total. The van der Waals surface area contributed by atoms with Crippen molar-refractivity contribution < 1.29 is 9.53 Å². The van der Waals surface area contributed by atoms with Crippen molar-refractivity contribution in [2.24, 2.45) is 11.5 Å². The van der Waals surface area contributed by atoms with Gasteiger partial charge in [0.2, 0.25) is 5.91 Å². The van der Waals surface area contributed by atoms with Crippen LogP contribution in [0.3, 0.4) is 0 Å². The Morgan fingerprint density at radius 2 is 2.00 bits per heavy atom. The smallest absolute Gasteiger partial charge is 0.243 e. The number of hydrogen-bond acceptors (Lipinski definition) is 4.